The van der Waals surface area contributed by atoms with Gasteiger partial charge in [0.05, 0.1) is 18.3 Å². The van der Waals surface area contributed by atoms with Gasteiger partial charge in [-0.1, -0.05) is 40.0 Å². The molecule has 2 spiro atoms. The second-order valence-corrected chi connectivity index (χ2v) is 13.8. The molecule has 204 valence electrons. The van der Waals surface area contributed by atoms with E-state index in [9.17, 15) is 9.90 Å². The molecule has 0 aliphatic heterocycles. The van der Waals surface area contributed by atoms with Crippen molar-refractivity contribution in [2.45, 2.75) is 79.1 Å². The molecule has 5 aliphatic rings. The summed E-state index contributed by atoms with van der Waals surface area (Å²) < 4.78 is 5.89. The summed E-state index contributed by atoms with van der Waals surface area (Å²) in [6.45, 7) is 17.4. The Balaban J connectivity index is 1.41. The third kappa shape index (κ3) is 3.95. The fraction of sp³-hybridized carbons (Fsp3) is 0.758. The molecular formula is C33H49NO3. The number of nitrogens with zero attached hydrogens (tertiary/aromatic N) is 1. The predicted octanol–water partition coefficient (Wildman–Crippen LogP) is 6.80. The summed E-state index contributed by atoms with van der Waals surface area (Å²) in [6, 6.07) is 0. The van der Waals surface area contributed by atoms with E-state index in [1.807, 2.05) is 14.0 Å². The van der Waals surface area contributed by atoms with Crippen molar-refractivity contribution in [3.05, 3.63) is 36.6 Å². The summed E-state index contributed by atoms with van der Waals surface area (Å²) in [6.07, 6.45) is 14.4. The third-order valence-electron chi connectivity index (χ3n) is 12.2. The van der Waals surface area contributed by atoms with Crippen LogP contribution in [0.2, 0.25) is 0 Å². The Hall–Kier alpha value is -1.68. The molecule has 2 unspecified atom stereocenters. The van der Waals surface area contributed by atoms with Crippen LogP contribution in [0.25, 0.3) is 0 Å². The number of ether oxygens (including phenoxy) is 1. The number of rotatable bonds is 9. The van der Waals surface area contributed by atoms with Gasteiger partial charge in [-0.3, -0.25) is 9.79 Å². The number of aliphatic hydroxyl groups is 1. The van der Waals surface area contributed by atoms with Gasteiger partial charge in [0.2, 0.25) is 0 Å². The largest absolute Gasteiger partial charge is 0.498 e. The van der Waals surface area contributed by atoms with Gasteiger partial charge in [0.1, 0.15) is 0 Å². The zero-order valence-corrected chi connectivity index (χ0v) is 23.9. The summed E-state index contributed by atoms with van der Waals surface area (Å²) in [4.78, 5) is 18.1. The Bertz CT molecular complexity index is 1030. The molecule has 4 fully saturated rings. The lowest BCUT2D eigenvalue weighted by atomic mass is 9.49. The molecule has 1 N–H and O–H groups in total. The van der Waals surface area contributed by atoms with Crippen molar-refractivity contribution >= 4 is 11.5 Å². The van der Waals surface area contributed by atoms with Crippen LogP contribution in [0.3, 0.4) is 0 Å². The normalized spacial score (nSPS) is 44.2. The fourth-order valence-corrected chi connectivity index (χ4v) is 10.7. The van der Waals surface area contributed by atoms with E-state index in [4.69, 9.17) is 4.74 Å². The summed E-state index contributed by atoms with van der Waals surface area (Å²) in [5, 5.41) is 9.45. The number of fused-ring (bicyclic) bond motifs is 2. The molecule has 4 saturated carbocycles. The molecule has 0 saturated heterocycles. The monoisotopic (exact) mass is 507 g/mol. The summed E-state index contributed by atoms with van der Waals surface area (Å²) >= 11 is 0. The Morgan fingerprint density at radius 2 is 2.03 bits per heavy atom. The van der Waals surface area contributed by atoms with Crippen LogP contribution in [0.15, 0.2) is 41.6 Å². The Morgan fingerprint density at radius 3 is 2.70 bits per heavy atom. The van der Waals surface area contributed by atoms with Gasteiger partial charge in [0.25, 0.3) is 0 Å². The van der Waals surface area contributed by atoms with Gasteiger partial charge in [0.15, 0.2) is 5.78 Å². The number of aliphatic hydroxyl groups excluding tert-OH is 1. The standard InChI is InChI=1S/C33H49NO3/c1-20(2)37-18-26(30(36)21(3)11-15-35)23(5)29-22(4)16-28-27-9-8-24-17-25(34-7)10-12-32(24)19-33(27,32)14-13-31(28,29)6/h10,12,22-24,26-29,35H,1,3,8-9,11,13-19H2,2,4-7H3/t22-,23+,24?,26+,27-,28?,29+,31-,32+,33-/m0/s1. The topological polar surface area (TPSA) is 58.9 Å². The molecule has 4 nitrogen and oxygen atoms in total. The quantitative estimate of drug-likeness (QED) is 0.276. The van der Waals surface area contributed by atoms with E-state index in [0.29, 0.717) is 47.0 Å². The van der Waals surface area contributed by atoms with E-state index in [2.05, 4.69) is 51.1 Å². The molecule has 0 radical (unpaired) electrons. The molecule has 5 rings (SSSR count). The van der Waals surface area contributed by atoms with Crippen molar-refractivity contribution < 1.29 is 14.6 Å². The van der Waals surface area contributed by atoms with Crippen molar-refractivity contribution in [3.63, 3.8) is 0 Å². The number of hydrogen-bond acceptors (Lipinski definition) is 4. The molecule has 0 amide bonds. The van der Waals surface area contributed by atoms with Gasteiger partial charge in [-0.15, -0.1) is 0 Å². The summed E-state index contributed by atoms with van der Waals surface area (Å²) in [5.74, 6) is 4.05. The average molecular weight is 508 g/mol. The lowest BCUT2D eigenvalue weighted by Gasteiger charge is -2.55. The Labute approximate surface area is 224 Å². The number of carbonyl (C=O) groups excluding carboxylic acids is 1. The molecule has 0 heterocycles. The molecule has 0 bridgehead atoms. The van der Waals surface area contributed by atoms with E-state index in [-0.39, 0.29) is 29.6 Å². The van der Waals surface area contributed by atoms with Crippen LogP contribution in [0.1, 0.15) is 79.1 Å². The second kappa shape index (κ2) is 9.50. The first kappa shape index (κ1) is 26.9. The van der Waals surface area contributed by atoms with E-state index in [1.165, 1.54) is 50.7 Å². The average Bonchev–Trinajstić information content (AvgIpc) is 3.44. The Kier molecular flexibility index (Phi) is 6.91. The zero-order valence-electron chi connectivity index (χ0n) is 23.9. The molecular weight excluding hydrogens is 458 g/mol. The van der Waals surface area contributed by atoms with Gasteiger partial charge in [0, 0.05) is 19.4 Å². The molecule has 37 heavy (non-hydrogen) atoms. The maximum Gasteiger partial charge on any atom is 0.165 e. The Morgan fingerprint density at radius 1 is 1.27 bits per heavy atom. The number of ketones is 1. The van der Waals surface area contributed by atoms with Crippen LogP contribution in [0.4, 0.5) is 0 Å². The van der Waals surface area contributed by atoms with Crippen molar-refractivity contribution in [2.75, 3.05) is 20.3 Å². The van der Waals surface area contributed by atoms with Gasteiger partial charge in [-0.05, 0) is 122 Å². The lowest BCUT2D eigenvalue weighted by molar-refractivity contribution is -0.125. The van der Waals surface area contributed by atoms with E-state index in [1.54, 1.807) is 0 Å². The predicted molar refractivity (Wildman–Crippen MR) is 150 cm³/mol. The van der Waals surface area contributed by atoms with Gasteiger partial charge < -0.3 is 9.84 Å². The number of carbonyl (C=O) groups is 1. The number of aliphatic imine (C=N–C) groups is 1. The minimum absolute atomic E-state index is 0.0425. The van der Waals surface area contributed by atoms with Gasteiger partial charge in [-0.2, -0.15) is 0 Å². The number of hydrogen-bond donors (Lipinski definition) is 1. The minimum Gasteiger partial charge on any atom is -0.498 e. The van der Waals surface area contributed by atoms with E-state index < -0.39 is 0 Å². The molecule has 0 aromatic carbocycles. The SMILES string of the molecule is C=C(C)OC[C@@H](C(=O)C(=C)CCO)[C@@H](C)[C@H]1[C@@H](C)CC2[C@@H]3CCC4CC(=NC)C=C[C@@]45C[C@@]35CC[C@@]21C. The molecule has 5 aliphatic carbocycles. The van der Waals surface area contributed by atoms with Crippen LogP contribution < -0.4 is 0 Å². The molecule has 0 aromatic heterocycles. The van der Waals surface area contributed by atoms with Crippen molar-refractivity contribution in [1.82, 2.24) is 0 Å². The first-order chi connectivity index (χ1) is 17.5. The summed E-state index contributed by atoms with van der Waals surface area (Å²) in [5.41, 5.74) is 2.99. The van der Waals surface area contributed by atoms with Crippen LogP contribution in [-0.2, 0) is 9.53 Å². The highest BCUT2D eigenvalue weighted by molar-refractivity contribution is 5.97. The van der Waals surface area contributed by atoms with E-state index >= 15 is 0 Å². The van der Waals surface area contributed by atoms with Crippen molar-refractivity contribution in [2.24, 2.45) is 62.7 Å². The van der Waals surface area contributed by atoms with Crippen LogP contribution >= 0.6 is 0 Å². The molecule has 0 aromatic rings. The minimum atomic E-state index is -0.245. The fourth-order valence-electron chi connectivity index (χ4n) is 10.7. The first-order valence-electron chi connectivity index (χ1n) is 14.8. The zero-order chi connectivity index (χ0) is 26.8. The summed E-state index contributed by atoms with van der Waals surface area (Å²) in [7, 11) is 1.94. The smallest absolute Gasteiger partial charge is 0.165 e. The van der Waals surface area contributed by atoms with Gasteiger partial charge >= 0.3 is 0 Å². The van der Waals surface area contributed by atoms with Crippen LogP contribution in [-0.4, -0.2) is 36.9 Å². The first-order valence-corrected chi connectivity index (χ1v) is 14.8. The number of allylic oxidation sites excluding steroid dienone is 3. The highest BCUT2D eigenvalue weighted by Crippen LogP contribution is 2.84. The van der Waals surface area contributed by atoms with Crippen molar-refractivity contribution in [1.29, 1.82) is 0 Å². The van der Waals surface area contributed by atoms with Crippen molar-refractivity contribution in [3.8, 4) is 0 Å². The lowest BCUT2D eigenvalue weighted by Crippen LogP contribution is -2.49. The van der Waals surface area contributed by atoms with Crippen LogP contribution in [0.5, 0.6) is 0 Å². The highest BCUT2D eigenvalue weighted by atomic mass is 16.5. The number of Topliss-reactive ketones (excluding diaryl/α,β-unsaturated/α-hetero) is 1. The maximum atomic E-state index is 13.6. The molecule has 10 atom stereocenters. The third-order valence-corrected chi connectivity index (χ3v) is 12.2. The van der Waals surface area contributed by atoms with Crippen LogP contribution in [0, 0.1) is 57.7 Å². The van der Waals surface area contributed by atoms with E-state index in [0.717, 1.165) is 17.8 Å². The van der Waals surface area contributed by atoms with Gasteiger partial charge in [-0.25, -0.2) is 0 Å². The maximum absolute atomic E-state index is 13.6. The second-order valence-electron chi connectivity index (χ2n) is 13.8. The molecule has 4 heteroatoms. The highest BCUT2D eigenvalue weighted by Gasteiger charge is 2.77.